The van der Waals surface area contributed by atoms with Crippen molar-refractivity contribution in [1.82, 2.24) is 0 Å². The second-order valence-corrected chi connectivity index (χ2v) is 8.41. The van der Waals surface area contributed by atoms with E-state index >= 15 is 0 Å². The molecule has 0 saturated carbocycles. The van der Waals surface area contributed by atoms with Crippen LogP contribution in [0.1, 0.15) is 90.2 Å². The normalized spacial score (nSPS) is 13.0. The molecule has 168 valence electrons. The second-order valence-electron chi connectivity index (χ2n) is 7.64. The van der Waals surface area contributed by atoms with Gasteiger partial charge in [0, 0.05) is 30.2 Å². The first-order valence-corrected chi connectivity index (χ1v) is 13.2. The molecular formula is C25H43IO3. The summed E-state index contributed by atoms with van der Waals surface area (Å²) >= 11 is 2.41. The molecule has 0 saturated heterocycles. The predicted molar refractivity (Wildman–Crippen MR) is 132 cm³/mol. The van der Waals surface area contributed by atoms with Gasteiger partial charge in [0.25, 0.3) is 5.97 Å². The van der Waals surface area contributed by atoms with E-state index in [2.05, 4.69) is 53.8 Å². The molecule has 0 aliphatic heterocycles. The van der Waals surface area contributed by atoms with Crippen LogP contribution in [0.4, 0.5) is 0 Å². The molecule has 0 heterocycles. The van der Waals surface area contributed by atoms with Gasteiger partial charge in [0.05, 0.1) is 0 Å². The fourth-order valence-corrected chi connectivity index (χ4v) is 4.40. The van der Waals surface area contributed by atoms with E-state index in [9.17, 15) is 0 Å². The van der Waals surface area contributed by atoms with Crippen molar-refractivity contribution < 1.29 is 14.2 Å². The first-order chi connectivity index (χ1) is 14.2. The number of alkyl halides is 1. The van der Waals surface area contributed by atoms with Crippen LogP contribution in [0.3, 0.4) is 0 Å². The number of ether oxygens (including phenoxy) is 3. The average molecular weight is 519 g/mol. The van der Waals surface area contributed by atoms with Gasteiger partial charge in [0.2, 0.25) is 0 Å². The molecule has 0 aliphatic rings. The molecule has 1 rings (SSSR count). The molecule has 0 fully saturated rings. The number of halogens is 1. The van der Waals surface area contributed by atoms with Gasteiger partial charge in [0.1, 0.15) is 0 Å². The number of aryl methyl sites for hydroxylation is 1. The maximum atomic E-state index is 6.15. The summed E-state index contributed by atoms with van der Waals surface area (Å²) in [5.74, 6) is -0.679. The van der Waals surface area contributed by atoms with Crippen molar-refractivity contribution in [1.29, 1.82) is 0 Å². The van der Waals surface area contributed by atoms with Gasteiger partial charge in [-0.25, -0.2) is 0 Å². The molecule has 4 heteroatoms. The Hall–Kier alpha value is -0.170. The molecule has 1 aromatic rings. The van der Waals surface area contributed by atoms with Crippen LogP contribution in [0.5, 0.6) is 0 Å². The van der Waals surface area contributed by atoms with Gasteiger partial charge in [-0.05, 0) is 51.2 Å². The molecule has 0 bridgehead atoms. The topological polar surface area (TPSA) is 27.7 Å². The molecule has 1 aromatic carbocycles. The van der Waals surface area contributed by atoms with E-state index in [1.165, 1.54) is 49.7 Å². The highest BCUT2D eigenvalue weighted by atomic mass is 127. The summed E-state index contributed by atoms with van der Waals surface area (Å²) < 4.78 is 19.5. The predicted octanol–water partition coefficient (Wildman–Crippen LogP) is 7.68. The summed E-state index contributed by atoms with van der Waals surface area (Å²) in [7, 11) is 0. The third-order valence-electron chi connectivity index (χ3n) is 5.40. The van der Waals surface area contributed by atoms with Crippen LogP contribution in [0.15, 0.2) is 24.3 Å². The number of unbranched alkanes of at least 4 members (excludes halogenated alkanes) is 5. The summed E-state index contributed by atoms with van der Waals surface area (Å²) in [6, 6.07) is 9.01. The zero-order chi connectivity index (χ0) is 21.4. The fourth-order valence-electron chi connectivity index (χ4n) is 3.89. The van der Waals surface area contributed by atoms with E-state index in [0.717, 1.165) is 23.7 Å². The molecule has 0 N–H and O–H groups in total. The maximum Gasteiger partial charge on any atom is 0.285 e. The highest BCUT2D eigenvalue weighted by Gasteiger charge is 2.41. The van der Waals surface area contributed by atoms with Gasteiger partial charge in [-0.15, -0.1) is 0 Å². The Morgan fingerprint density at radius 2 is 1.24 bits per heavy atom. The van der Waals surface area contributed by atoms with Crippen molar-refractivity contribution in [2.24, 2.45) is 5.92 Å². The molecule has 0 aromatic heterocycles. The SMILES string of the molecule is CCCCCCCCC(CCc1ccc(CI)cc1)C(OCC)(OCC)OCC. The maximum absolute atomic E-state index is 6.15. The molecule has 0 radical (unpaired) electrons. The minimum absolute atomic E-state index is 0.234. The smallest absolute Gasteiger partial charge is 0.285 e. The molecular weight excluding hydrogens is 475 g/mol. The van der Waals surface area contributed by atoms with Crippen molar-refractivity contribution in [3.05, 3.63) is 35.4 Å². The zero-order valence-electron chi connectivity index (χ0n) is 19.2. The van der Waals surface area contributed by atoms with Crippen LogP contribution < -0.4 is 0 Å². The molecule has 1 atom stereocenters. The molecule has 29 heavy (non-hydrogen) atoms. The lowest BCUT2D eigenvalue weighted by Gasteiger charge is -2.39. The number of hydrogen-bond acceptors (Lipinski definition) is 3. The standard InChI is InChI=1S/C25H43IO3/c1-5-9-10-11-12-13-14-24(25(27-6-2,28-7-3)29-8-4)20-19-22-15-17-23(21-26)18-16-22/h15-18,24H,5-14,19-21H2,1-4H3. The Labute approximate surface area is 193 Å². The van der Waals surface area contributed by atoms with E-state index in [-0.39, 0.29) is 5.92 Å². The lowest BCUT2D eigenvalue weighted by atomic mass is 9.91. The Balaban J connectivity index is 2.82. The van der Waals surface area contributed by atoms with Crippen LogP contribution >= 0.6 is 22.6 Å². The molecule has 3 nitrogen and oxygen atoms in total. The van der Waals surface area contributed by atoms with Crippen molar-refractivity contribution in [3.63, 3.8) is 0 Å². The minimum atomic E-state index is -0.913. The number of hydrogen-bond donors (Lipinski definition) is 0. The lowest BCUT2D eigenvalue weighted by Crippen LogP contribution is -2.47. The van der Waals surface area contributed by atoms with Gasteiger partial charge < -0.3 is 14.2 Å². The molecule has 1 unspecified atom stereocenters. The second kappa shape index (κ2) is 16.5. The fraction of sp³-hybridized carbons (Fsp3) is 0.760. The van der Waals surface area contributed by atoms with Crippen LogP contribution in [0, 0.1) is 5.92 Å². The van der Waals surface area contributed by atoms with Crippen molar-refractivity contribution >= 4 is 22.6 Å². The largest absolute Gasteiger partial charge is 0.328 e. The van der Waals surface area contributed by atoms with Crippen molar-refractivity contribution in [2.45, 2.75) is 95.9 Å². The average Bonchev–Trinajstić information content (AvgIpc) is 2.73. The summed E-state index contributed by atoms with van der Waals surface area (Å²) in [4.78, 5) is 0. The van der Waals surface area contributed by atoms with E-state index in [1.807, 2.05) is 20.8 Å². The first-order valence-electron chi connectivity index (χ1n) is 11.7. The Morgan fingerprint density at radius 1 is 0.724 bits per heavy atom. The third-order valence-corrected chi connectivity index (χ3v) is 6.28. The molecule has 0 amide bonds. The van der Waals surface area contributed by atoms with Crippen LogP contribution in [-0.4, -0.2) is 25.8 Å². The summed E-state index contributed by atoms with van der Waals surface area (Å²) in [6.45, 7) is 10.1. The molecule has 0 spiro atoms. The number of benzene rings is 1. The monoisotopic (exact) mass is 518 g/mol. The van der Waals surface area contributed by atoms with E-state index in [4.69, 9.17) is 14.2 Å². The summed E-state index contributed by atoms with van der Waals surface area (Å²) in [5, 5.41) is 0. The van der Waals surface area contributed by atoms with Gasteiger partial charge in [-0.3, -0.25) is 0 Å². The summed E-state index contributed by atoms with van der Waals surface area (Å²) in [6.07, 6.45) is 10.9. The zero-order valence-corrected chi connectivity index (χ0v) is 21.3. The molecule has 0 aliphatic carbocycles. The van der Waals surface area contributed by atoms with Crippen molar-refractivity contribution in [2.75, 3.05) is 19.8 Å². The van der Waals surface area contributed by atoms with Crippen LogP contribution in [-0.2, 0) is 25.1 Å². The Morgan fingerprint density at radius 3 is 1.76 bits per heavy atom. The van der Waals surface area contributed by atoms with E-state index in [0.29, 0.717) is 19.8 Å². The van der Waals surface area contributed by atoms with E-state index < -0.39 is 5.97 Å². The minimum Gasteiger partial charge on any atom is -0.328 e. The third kappa shape index (κ3) is 10.1. The van der Waals surface area contributed by atoms with Crippen LogP contribution in [0.25, 0.3) is 0 Å². The quantitative estimate of drug-likeness (QED) is 0.0863. The highest BCUT2D eigenvalue weighted by molar-refractivity contribution is 14.1. The lowest BCUT2D eigenvalue weighted by molar-refractivity contribution is -0.403. The Kier molecular flexibility index (Phi) is 15.3. The van der Waals surface area contributed by atoms with Crippen LogP contribution in [0.2, 0.25) is 0 Å². The Bertz CT molecular complexity index is 486. The van der Waals surface area contributed by atoms with E-state index in [1.54, 1.807) is 0 Å². The van der Waals surface area contributed by atoms with Gasteiger partial charge in [-0.1, -0.05) is 92.3 Å². The first kappa shape index (κ1) is 26.9. The summed E-state index contributed by atoms with van der Waals surface area (Å²) in [5.41, 5.74) is 2.76. The van der Waals surface area contributed by atoms with Crippen molar-refractivity contribution in [3.8, 4) is 0 Å². The van der Waals surface area contributed by atoms with Gasteiger partial charge in [0.15, 0.2) is 0 Å². The van der Waals surface area contributed by atoms with Gasteiger partial charge in [-0.2, -0.15) is 0 Å². The van der Waals surface area contributed by atoms with Gasteiger partial charge >= 0.3 is 0 Å². The highest BCUT2D eigenvalue weighted by Crippen LogP contribution is 2.34. The number of rotatable bonds is 18.